The van der Waals surface area contributed by atoms with Crippen molar-refractivity contribution in [2.24, 2.45) is 0 Å². The molecule has 0 unspecified atom stereocenters. The summed E-state index contributed by atoms with van der Waals surface area (Å²) in [5, 5.41) is 2.77. The van der Waals surface area contributed by atoms with Crippen LogP contribution in [0.5, 0.6) is 5.75 Å². The molecule has 5 heteroatoms. The number of ether oxygens (including phenoxy) is 2. The van der Waals surface area contributed by atoms with Crippen LogP contribution in [0.4, 0.5) is 5.69 Å². The van der Waals surface area contributed by atoms with Crippen molar-refractivity contribution < 1.29 is 19.1 Å². The molecule has 0 saturated heterocycles. The molecule has 0 heterocycles. The second-order valence-electron chi connectivity index (χ2n) is 5.39. The molecule has 0 aliphatic heterocycles. The number of methoxy groups -OCH3 is 1. The van der Waals surface area contributed by atoms with Gasteiger partial charge < -0.3 is 14.8 Å². The second-order valence-corrected chi connectivity index (χ2v) is 5.39. The Labute approximate surface area is 141 Å². The molecular formula is C19H21NO4. The van der Waals surface area contributed by atoms with Crippen LogP contribution in [0.2, 0.25) is 0 Å². The number of carbonyl (C=O) groups is 2. The van der Waals surface area contributed by atoms with E-state index in [1.807, 2.05) is 38.1 Å². The largest absolute Gasteiger partial charge is 0.481 e. The Hall–Kier alpha value is -2.82. The van der Waals surface area contributed by atoms with Crippen LogP contribution < -0.4 is 10.1 Å². The smallest absolute Gasteiger partial charge is 0.337 e. The molecular weight excluding hydrogens is 306 g/mol. The van der Waals surface area contributed by atoms with Crippen molar-refractivity contribution in [2.75, 3.05) is 12.4 Å². The first kappa shape index (κ1) is 17.5. The molecule has 2 aromatic rings. The summed E-state index contributed by atoms with van der Waals surface area (Å²) in [6.45, 7) is 3.87. The highest BCUT2D eigenvalue weighted by Gasteiger charge is 2.19. The van der Waals surface area contributed by atoms with Gasteiger partial charge in [0.2, 0.25) is 0 Å². The monoisotopic (exact) mass is 327 g/mol. The van der Waals surface area contributed by atoms with Crippen LogP contribution in [0, 0.1) is 6.92 Å². The van der Waals surface area contributed by atoms with Crippen LogP contribution >= 0.6 is 0 Å². The van der Waals surface area contributed by atoms with E-state index in [4.69, 9.17) is 4.74 Å². The third-order valence-corrected chi connectivity index (χ3v) is 3.51. The van der Waals surface area contributed by atoms with Crippen LogP contribution in [-0.4, -0.2) is 25.1 Å². The number of hydrogen-bond donors (Lipinski definition) is 1. The van der Waals surface area contributed by atoms with E-state index in [1.165, 1.54) is 7.11 Å². The second kappa shape index (κ2) is 8.15. The average molecular weight is 327 g/mol. The fourth-order valence-corrected chi connectivity index (χ4v) is 2.17. The minimum atomic E-state index is -0.616. The molecule has 0 fully saturated rings. The Balaban J connectivity index is 2.06. The molecule has 1 N–H and O–H groups in total. The first-order chi connectivity index (χ1) is 11.5. The van der Waals surface area contributed by atoms with Crippen molar-refractivity contribution in [2.45, 2.75) is 26.4 Å². The van der Waals surface area contributed by atoms with Gasteiger partial charge in [-0.3, -0.25) is 4.79 Å². The highest BCUT2D eigenvalue weighted by Crippen LogP contribution is 2.17. The molecule has 0 spiro atoms. The molecule has 24 heavy (non-hydrogen) atoms. The highest BCUT2D eigenvalue weighted by atomic mass is 16.5. The lowest BCUT2D eigenvalue weighted by Crippen LogP contribution is -2.32. The van der Waals surface area contributed by atoms with Crippen molar-refractivity contribution in [1.82, 2.24) is 0 Å². The Morgan fingerprint density at radius 3 is 2.46 bits per heavy atom. The summed E-state index contributed by atoms with van der Waals surface area (Å²) in [5.74, 6) is -0.0694. The number of esters is 1. The summed E-state index contributed by atoms with van der Waals surface area (Å²) in [4.78, 5) is 24.0. The molecule has 2 rings (SSSR count). The number of carbonyl (C=O) groups excluding carboxylic acids is 2. The van der Waals surface area contributed by atoms with Crippen molar-refractivity contribution in [1.29, 1.82) is 0 Å². The van der Waals surface area contributed by atoms with Gasteiger partial charge in [-0.25, -0.2) is 4.79 Å². The topological polar surface area (TPSA) is 64.6 Å². The van der Waals surface area contributed by atoms with Crippen molar-refractivity contribution >= 4 is 17.6 Å². The Kier molecular flexibility index (Phi) is 5.95. The molecule has 126 valence electrons. The van der Waals surface area contributed by atoms with E-state index in [0.29, 0.717) is 23.4 Å². The fraction of sp³-hybridized carbons (Fsp3) is 0.263. The van der Waals surface area contributed by atoms with Crippen LogP contribution in [0.3, 0.4) is 0 Å². The lowest BCUT2D eigenvalue weighted by atomic mass is 10.2. The molecule has 0 aliphatic carbocycles. The van der Waals surface area contributed by atoms with Gasteiger partial charge in [-0.2, -0.15) is 0 Å². The van der Waals surface area contributed by atoms with Gasteiger partial charge in [-0.15, -0.1) is 0 Å². The predicted molar refractivity (Wildman–Crippen MR) is 92.3 cm³/mol. The van der Waals surface area contributed by atoms with Gasteiger partial charge in [0.25, 0.3) is 5.91 Å². The number of rotatable bonds is 6. The number of amides is 1. The number of nitrogens with one attached hydrogen (secondary N) is 1. The zero-order chi connectivity index (χ0) is 17.5. The van der Waals surface area contributed by atoms with E-state index in [0.717, 1.165) is 5.56 Å². The van der Waals surface area contributed by atoms with Gasteiger partial charge >= 0.3 is 5.97 Å². The molecule has 2 aromatic carbocycles. The molecule has 0 bridgehead atoms. The van der Waals surface area contributed by atoms with Gasteiger partial charge in [0.1, 0.15) is 5.75 Å². The predicted octanol–water partition coefficient (Wildman–Crippen LogP) is 3.58. The Morgan fingerprint density at radius 1 is 1.12 bits per heavy atom. The van der Waals surface area contributed by atoms with Crippen molar-refractivity contribution in [3.63, 3.8) is 0 Å². The minimum absolute atomic E-state index is 0.264. The maximum absolute atomic E-state index is 12.4. The molecule has 1 atom stereocenters. The average Bonchev–Trinajstić information content (AvgIpc) is 2.60. The van der Waals surface area contributed by atoms with E-state index in [1.54, 1.807) is 24.3 Å². The molecule has 0 saturated carbocycles. The number of aryl methyl sites for hydroxylation is 1. The quantitative estimate of drug-likeness (QED) is 0.824. The third-order valence-electron chi connectivity index (χ3n) is 3.51. The highest BCUT2D eigenvalue weighted by molar-refractivity contribution is 5.96. The third kappa shape index (κ3) is 4.59. The zero-order valence-electron chi connectivity index (χ0n) is 14.0. The number of benzene rings is 2. The van der Waals surface area contributed by atoms with Gasteiger partial charge in [0, 0.05) is 5.69 Å². The summed E-state index contributed by atoms with van der Waals surface area (Å²) in [5.41, 5.74) is 2.02. The van der Waals surface area contributed by atoms with Gasteiger partial charge in [-0.1, -0.05) is 30.7 Å². The van der Waals surface area contributed by atoms with Crippen molar-refractivity contribution in [3.8, 4) is 5.75 Å². The zero-order valence-corrected chi connectivity index (χ0v) is 14.0. The van der Waals surface area contributed by atoms with Gasteiger partial charge in [-0.05, 0) is 43.7 Å². The Morgan fingerprint density at radius 2 is 1.83 bits per heavy atom. The number of anilines is 1. The van der Waals surface area contributed by atoms with E-state index in [2.05, 4.69) is 10.1 Å². The molecule has 0 aliphatic rings. The number of hydrogen-bond acceptors (Lipinski definition) is 4. The fourth-order valence-electron chi connectivity index (χ4n) is 2.17. The van der Waals surface area contributed by atoms with E-state index in [-0.39, 0.29) is 5.91 Å². The van der Waals surface area contributed by atoms with Gasteiger partial charge in [0.05, 0.1) is 12.7 Å². The normalized spacial score (nSPS) is 11.5. The first-order valence-corrected chi connectivity index (χ1v) is 7.76. The summed E-state index contributed by atoms with van der Waals surface area (Å²) in [6.07, 6.45) is -0.0920. The first-order valence-electron chi connectivity index (χ1n) is 7.76. The summed E-state index contributed by atoms with van der Waals surface area (Å²) in [6, 6.07) is 14.1. The lowest BCUT2D eigenvalue weighted by Gasteiger charge is -2.17. The lowest BCUT2D eigenvalue weighted by molar-refractivity contribution is -0.122. The van der Waals surface area contributed by atoms with Crippen LogP contribution in [0.25, 0.3) is 0 Å². The maximum atomic E-state index is 12.4. The van der Waals surface area contributed by atoms with Crippen molar-refractivity contribution in [3.05, 3.63) is 59.7 Å². The summed E-state index contributed by atoms with van der Waals surface area (Å²) in [7, 11) is 1.32. The summed E-state index contributed by atoms with van der Waals surface area (Å²) >= 11 is 0. The Bertz CT molecular complexity index is 710. The SMILES string of the molecule is CC[C@H](Oc1ccc(C)cc1)C(=O)Nc1cccc(C(=O)OC)c1. The maximum Gasteiger partial charge on any atom is 0.337 e. The molecule has 1 amide bonds. The molecule has 0 radical (unpaired) electrons. The van der Waals surface area contributed by atoms with Gasteiger partial charge in [0.15, 0.2) is 6.10 Å². The van der Waals surface area contributed by atoms with Crippen LogP contribution in [0.15, 0.2) is 48.5 Å². The molecule has 0 aromatic heterocycles. The van der Waals surface area contributed by atoms with E-state index in [9.17, 15) is 9.59 Å². The summed E-state index contributed by atoms with van der Waals surface area (Å²) < 4.78 is 10.4. The molecule has 5 nitrogen and oxygen atoms in total. The van der Waals surface area contributed by atoms with Crippen LogP contribution in [0.1, 0.15) is 29.3 Å². The van der Waals surface area contributed by atoms with E-state index < -0.39 is 12.1 Å². The standard InChI is InChI=1S/C19H21NO4/c1-4-17(24-16-10-8-13(2)9-11-16)18(21)20-15-7-5-6-14(12-15)19(22)23-3/h5-12,17H,4H2,1-3H3,(H,20,21)/t17-/m0/s1. The van der Waals surface area contributed by atoms with E-state index >= 15 is 0 Å². The minimum Gasteiger partial charge on any atom is -0.481 e. The van der Waals surface area contributed by atoms with Crippen LogP contribution in [-0.2, 0) is 9.53 Å².